The molecule has 1 rings (SSSR count). The van der Waals surface area contributed by atoms with Crippen LogP contribution in [0.3, 0.4) is 0 Å². The zero-order valence-electron chi connectivity index (χ0n) is 15.7. The molecule has 3 nitrogen and oxygen atoms in total. The van der Waals surface area contributed by atoms with E-state index in [1.54, 1.807) is 0 Å². The average molecular weight is 369 g/mol. The molecule has 0 atom stereocenters. The standard InChI is InChI=1S/C21H36O3S/c22-25(23,24)20-16-11-9-7-5-3-1-2-4-6-8-10-13-17-21-18-14-12-15-19-21/h12,14-15,18-19H,1-11,13,16-17,20H2,(H,22,23,24). The third-order valence-corrected chi connectivity index (χ3v) is 5.52. The predicted octanol–water partition coefficient (Wildman–Crippen LogP) is 6.19. The number of hydrogen-bond acceptors (Lipinski definition) is 2. The highest BCUT2D eigenvalue weighted by molar-refractivity contribution is 7.85. The first-order valence-electron chi connectivity index (χ1n) is 10.1. The third-order valence-electron chi connectivity index (χ3n) is 4.71. The molecule has 0 aliphatic heterocycles. The molecule has 0 aromatic heterocycles. The highest BCUT2D eigenvalue weighted by Gasteiger charge is 2.02. The summed E-state index contributed by atoms with van der Waals surface area (Å²) < 4.78 is 29.8. The van der Waals surface area contributed by atoms with Crippen LogP contribution in [0, 0.1) is 0 Å². The van der Waals surface area contributed by atoms with Gasteiger partial charge in [-0.1, -0.05) is 101 Å². The van der Waals surface area contributed by atoms with Gasteiger partial charge in [0.05, 0.1) is 5.75 Å². The minimum absolute atomic E-state index is 0.0850. The van der Waals surface area contributed by atoms with Crippen molar-refractivity contribution < 1.29 is 13.0 Å². The maximum atomic E-state index is 10.6. The predicted molar refractivity (Wildman–Crippen MR) is 107 cm³/mol. The second kappa shape index (κ2) is 14.3. The molecule has 0 aliphatic carbocycles. The lowest BCUT2D eigenvalue weighted by atomic mass is 10.0. The van der Waals surface area contributed by atoms with Crippen LogP contribution in [0.5, 0.6) is 0 Å². The zero-order valence-corrected chi connectivity index (χ0v) is 16.5. The van der Waals surface area contributed by atoms with Crippen LogP contribution in [0.2, 0.25) is 0 Å². The molecule has 1 N–H and O–H groups in total. The summed E-state index contributed by atoms with van der Waals surface area (Å²) in [6, 6.07) is 10.8. The Morgan fingerprint density at radius 2 is 1.00 bits per heavy atom. The second-order valence-electron chi connectivity index (χ2n) is 7.12. The van der Waals surface area contributed by atoms with Crippen LogP contribution >= 0.6 is 0 Å². The highest BCUT2D eigenvalue weighted by atomic mass is 32.2. The Morgan fingerprint density at radius 3 is 1.44 bits per heavy atom. The Morgan fingerprint density at radius 1 is 0.600 bits per heavy atom. The lowest BCUT2D eigenvalue weighted by Crippen LogP contribution is -2.03. The minimum Gasteiger partial charge on any atom is -0.286 e. The lowest BCUT2D eigenvalue weighted by molar-refractivity contribution is 0.478. The molecule has 0 aliphatic rings. The maximum absolute atomic E-state index is 10.6. The summed E-state index contributed by atoms with van der Waals surface area (Å²) in [5.41, 5.74) is 1.46. The van der Waals surface area contributed by atoms with Crippen LogP contribution in [0.1, 0.15) is 89.0 Å². The van der Waals surface area contributed by atoms with Crippen molar-refractivity contribution in [3.63, 3.8) is 0 Å². The molecule has 0 amide bonds. The summed E-state index contributed by atoms with van der Waals surface area (Å²) >= 11 is 0. The topological polar surface area (TPSA) is 54.4 Å². The fourth-order valence-electron chi connectivity index (χ4n) is 3.20. The largest absolute Gasteiger partial charge is 0.286 e. The molecule has 1 aromatic rings. The molecular weight excluding hydrogens is 332 g/mol. The molecule has 144 valence electrons. The summed E-state index contributed by atoms with van der Waals surface area (Å²) in [5, 5.41) is 0. The molecule has 0 saturated heterocycles. The van der Waals surface area contributed by atoms with E-state index in [0.29, 0.717) is 6.42 Å². The van der Waals surface area contributed by atoms with Crippen LogP contribution in [0.25, 0.3) is 0 Å². The van der Waals surface area contributed by atoms with Crippen molar-refractivity contribution in [2.75, 3.05) is 5.75 Å². The fraction of sp³-hybridized carbons (Fsp3) is 0.714. The first kappa shape index (κ1) is 22.2. The van der Waals surface area contributed by atoms with Crippen LogP contribution in [0.4, 0.5) is 0 Å². The molecule has 0 bridgehead atoms. The number of unbranched alkanes of at least 4 members (excludes halogenated alkanes) is 12. The SMILES string of the molecule is O=S(=O)(O)CCCCCCCCCCCCCCCc1ccccc1. The van der Waals surface area contributed by atoms with Gasteiger partial charge >= 0.3 is 0 Å². The van der Waals surface area contributed by atoms with Crippen LogP contribution in [0.15, 0.2) is 30.3 Å². The van der Waals surface area contributed by atoms with Gasteiger partial charge in [0.2, 0.25) is 0 Å². The molecule has 25 heavy (non-hydrogen) atoms. The van der Waals surface area contributed by atoms with Gasteiger partial charge in [0.1, 0.15) is 0 Å². The Hall–Kier alpha value is -0.870. The van der Waals surface area contributed by atoms with Gasteiger partial charge < -0.3 is 0 Å². The zero-order chi connectivity index (χ0) is 18.2. The van der Waals surface area contributed by atoms with Crippen molar-refractivity contribution in [3.05, 3.63) is 35.9 Å². The highest BCUT2D eigenvalue weighted by Crippen LogP contribution is 2.13. The van der Waals surface area contributed by atoms with E-state index in [1.807, 2.05) is 0 Å². The molecular formula is C21H36O3S. The van der Waals surface area contributed by atoms with Gasteiger partial charge in [0.15, 0.2) is 0 Å². The van der Waals surface area contributed by atoms with E-state index < -0.39 is 10.1 Å². The Kier molecular flexibility index (Phi) is 12.7. The second-order valence-corrected chi connectivity index (χ2v) is 8.69. The summed E-state index contributed by atoms with van der Waals surface area (Å²) in [6.45, 7) is 0. The van der Waals surface area contributed by atoms with Gasteiger partial charge in [-0.05, 0) is 24.8 Å². The molecule has 0 saturated carbocycles. The van der Waals surface area contributed by atoms with E-state index in [4.69, 9.17) is 4.55 Å². The van der Waals surface area contributed by atoms with Gasteiger partial charge in [-0.3, -0.25) is 4.55 Å². The van der Waals surface area contributed by atoms with Gasteiger partial charge in [-0.15, -0.1) is 0 Å². The molecule has 0 unspecified atom stereocenters. The number of aryl methyl sites for hydroxylation is 1. The molecule has 0 spiro atoms. The summed E-state index contributed by atoms with van der Waals surface area (Å²) in [4.78, 5) is 0. The van der Waals surface area contributed by atoms with Crippen molar-refractivity contribution in [1.29, 1.82) is 0 Å². The third kappa shape index (κ3) is 15.1. The van der Waals surface area contributed by atoms with Crippen LogP contribution < -0.4 is 0 Å². The monoisotopic (exact) mass is 368 g/mol. The summed E-state index contributed by atoms with van der Waals surface area (Å²) in [7, 11) is -3.75. The average Bonchev–Trinajstić information content (AvgIpc) is 2.58. The van der Waals surface area contributed by atoms with Crippen LogP contribution in [-0.2, 0) is 16.5 Å². The first-order valence-corrected chi connectivity index (χ1v) is 11.7. The molecule has 1 aromatic carbocycles. The van der Waals surface area contributed by atoms with Crippen molar-refractivity contribution in [1.82, 2.24) is 0 Å². The number of hydrogen-bond donors (Lipinski definition) is 1. The first-order chi connectivity index (χ1) is 12.1. The van der Waals surface area contributed by atoms with E-state index in [0.717, 1.165) is 12.8 Å². The van der Waals surface area contributed by atoms with Crippen molar-refractivity contribution in [2.24, 2.45) is 0 Å². The van der Waals surface area contributed by atoms with E-state index >= 15 is 0 Å². The number of rotatable bonds is 16. The number of benzene rings is 1. The van der Waals surface area contributed by atoms with Gasteiger partial charge in [0, 0.05) is 0 Å². The van der Waals surface area contributed by atoms with E-state index in [-0.39, 0.29) is 5.75 Å². The smallest absolute Gasteiger partial charge is 0.264 e. The Labute approximate surface area is 155 Å². The van der Waals surface area contributed by atoms with Crippen LogP contribution in [-0.4, -0.2) is 18.7 Å². The van der Waals surface area contributed by atoms with Crippen molar-refractivity contribution in [2.45, 2.75) is 89.9 Å². The van der Waals surface area contributed by atoms with Gasteiger partial charge in [0.25, 0.3) is 10.1 Å². The quantitative estimate of drug-likeness (QED) is 0.280. The molecule has 0 heterocycles. The Balaban J connectivity index is 1.75. The van der Waals surface area contributed by atoms with E-state index in [9.17, 15) is 8.42 Å². The molecule has 0 radical (unpaired) electrons. The summed E-state index contributed by atoms with van der Waals surface area (Å²) in [6.07, 6.45) is 16.9. The molecule has 0 fully saturated rings. The maximum Gasteiger partial charge on any atom is 0.264 e. The van der Waals surface area contributed by atoms with E-state index in [2.05, 4.69) is 30.3 Å². The fourth-order valence-corrected chi connectivity index (χ4v) is 3.77. The molecule has 4 heteroatoms. The minimum atomic E-state index is -3.75. The van der Waals surface area contributed by atoms with Crippen molar-refractivity contribution >= 4 is 10.1 Å². The summed E-state index contributed by atoms with van der Waals surface area (Å²) in [5.74, 6) is -0.0850. The van der Waals surface area contributed by atoms with E-state index in [1.165, 1.54) is 76.2 Å². The lowest BCUT2D eigenvalue weighted by Gasteiger charge is -2.04. The van der Waals surface area contributed by atoms with Gasteiger partial charge in [-0.25, -0.2) is 0 Å². The normalized spacial score (nSPS) is 11.7. The Bertz CT molecular complexity index is 511. The van der Waals surface area contributed by atoms with Gasteiger partial charge in [-0.2, -0.15) is 8.42 Å². The van der Waals surface area contributed by atoms with Crippen molar-refractivity contribution in [3.8, 4) is 0 Å².